The van der Waals surface area contributed by atoms with Crippen LogP contribution in [0, 0.1) is 5.92 Å². The zero-order valence-corrected chi connectivity index (χ0v) is 21.3. The van der Waals surface area contributed by atoms with Gasteiger partial charge in [-0.3, -0.25) is 9.59 Å². The van der Waals surface area contributed by atoms with Gasteiger partial charge in [-0.15, -0.1) is 0 Å². The molecule has 1 aliphatic carbocycles. The number of ether oxygens (including phenoxy) is 2. The van der Waals surface area contributed by atoms with E-state index in [0.717, 1.165) is 37.7 Å². The lowest BCUT2D eigenvalue weighted by molar-refractivity contribution is -0.148. The minimum Gasteiger partial charge on any atom is -0.497 e. The first-order valence-electron chi connectivity index (χ1n) is 12.5. The number of carbonyl (C=O) groups excluding carboxylic acids is 2. The number of carboxylic acids is 1. The van der Waals surface area contributed by atoms with Gasteiger partial charge >= 0.3 is 12.0 Å². The Morgan fingerprint density at radius 2 is 1.71 bits per heavy atom. The molecule has 9 nitrogen and oxygen atoms in total. The van der Waals surface area contributed by atoms with Crippen molar-refractivity contribution in [3.63, 3.8) is 0 Å². The third-order valence-electron chi connectivity index (χ3n) is 6.81. The van der Waals surface area contributed by atoms with Crippen LogP contribution in [0.25, 0.3) is 0 Å². The fourth-order valence-electron chi connectivity index (χ4n) is 5.17. The summed E-state index contributed by atoms with van der Waals surface area (Å²) < 4.78 is 10.7. The molecule has 2 N–H and O–H groups in total. The second-order valence-corrected chi connectivity index (χ2v) is 10.0. The van der Waals surface area contributed by atoms with Crippen LogP contribution in [-0.4, -0.2) is 71.7 Å². The first-order chi connectivity index (χ1) is 16.7. The number of urea groups is 1. The predicted molar refractivity (Wildman–Crippen MR) is 131 cm³/mol. The Bertz CT molecular complexity index is 877. The number of hydrogen-bond acceptors (Lipinski definition) is 5. The van der Waals surface area contributed by atoms with E-state index in [2.05, 4.69) is 5.32 Å². The van der Waals surface area contributed by atoms with Crippen LogP contribution >= 0.6 is 0 Å². The van der Waals surface area contributed by atoms with Crippen LogP contribution in [0.1, 0.15) is 64.4 Å². The summed E-state index contributed by atoms with van der Waals surface area (Å²) in [6.07, 6.45) is 5.36. The van der Waals surface area contributed by atoms with Crippen LogP contribution in [0.3, 0.4) is 0 Å². The summed E-state index contributed by atoms with van der Waals surface area (Å²) in [5, 5.41) is 12.7. The zero-order chi connectivity index (χ0) is 25.5. The number of rotatable bonds is 9. The molecular weight excluding hydrogens is 450 g/mol. The minimum atomic E-state index is -0.994. The Morgan fingerprint density at radius 3 is 2.26 bits per heavy atom. The van der Waals surface area contributed by atoms with Crippen molar-refractivity contribution >= 4 is 17.9 Å². The molecule has 1 aromatic carbocycles. The Kier molecular flexibility index (Phi) is 9.23. The topological polar surface area (TPSA) is 108 Å². The first-order valence-corrected chi connectivity index (χ1v) is 12.5. The van der Waals surface area contributed by atoms with Crippen LogP contribution in [0.15, 0.2) is 18.2 Å². The number of aliphatic carboxylic acids is 1. The number of hydrogen-bond donors (Lipinski definition) is 2. The molecule has 0 bridgehead atoms. The van der Waals surface area contributed by atoms with Crippen molar-refractivity contribution in [2.24, 2.45) is 5.92 Å². The van der Waals surface area contributed by atoms with E-state index in [0.29, 0.717) is 17.9 Å². The van der Waals surface area contributed by atoms with Gasteiger partial charge in [-0.2, -0.15) is 0 Å². The molecule has 9 heteroatoms. The average molecular weight is 490 g/mol. The standard InChI is InChI=1S/C26H39N3O6/c1-17(2)10-23-25(32)28(15-18-11-21(34-3)14-22(12-18)35-4)16-20(13-24(30)31)29(23)26(33)27-19-8-6-5-7-9-19/h11-12,14,17,19-20,23H,5-10,13,15-16H2,1-4H3,(H,27,33)(H,30,31)/t20?,23-/m0/s1. The maximum absolute atomic E-state index is 13.7. The van der Waals surface area contributed by atoms with Crippen molar-refractivity contribution in [3.05, 3.63) is 23.8 Å². The van der Waals surface area contributed by atoms with Crippen LogP contribution < -0.4 is 14.8 Å². The number of piperazine rings is 1. The molecular formula is C26H39N3O6. The highest BCUT2D eigenvalue weighted by atomic mass is 16.5. The molecule has 2 fully saturated rings. The minimum absolute atomic E-state index is 0.0683. The fraction of sp³-hybridized carbons (Fsp3) is 0.654. The molecule has 194 valence electrons. The van der Waals surface area contributed by atoms with Gasteiger partial charge in [0.25, 0.3) is 0 Å². The van der Waals surface area contributed by atoms with Gasteiger partial charge in [0.05, 0.1) is 26.7 Å². The number of nitrogens with zero attached hydrogens (tertiary/aromatic N) is 2. The van der Waals surface area contributed by atoms with E-state index >= 15 is 0 Å². The summed E-state index contributed by atoms with van der Waals surface area (Å²) in [5.74, 6) is 0.208. The Morgan fingerprint density at radius 1 is 1.09 bits per heavy atom. The van der Waals surface area contributed by atoms with Crippen LogP contribution in [0.2, 0.25) is 0 Å². The number of nitrogens with one attached hydrogen (secondary N) is 1. The monoisotopic (exact) mass is 489 g/mol. The van der Waals surface area contributed by atoms with Gasteiger partial charge < -0.3 is 29.7 Å². The van der Waals surface area contributed by atoms with E-state index in [1.54, 1.807) is 25.2 Å². The average Bonchev–Trinajstić information content (AvgIpc) is 2.81. The van der Waals surface area contributed by atoms with Crippen molar-refractivity contribution in [2.75, 3.05) is 20.8 Å². The van der Waals surface area contributed by atoms with Crippen LogP contribution in [0.4, 0.5) is 4.79 Å². The SMILES string of the molecule is COc1cc(CN2CC(CC(=O)O)N(C(=O)NC3CCCCC3)[C@@H](CC(C)C)C2=O)cc(OC)c1. The van der Waals surface area contributed by atoms with Gasteiger partial charge in [-0.05, 0) is 42.9 Å². The van der Waals surface area contributed by atoms with E-state index in [-0.39, 0.29) is 43.4 Å². The number of carboxylic acid groups (broad SMARTS) is 1. The second-order valence-electron chi connectivity index (χ2n) is 10.0. The summed E-state index contributed by atoms with van der Waals surface area (Å²) in [6, 6.07) is 3.83. The Hall–Kier alpha value is -2.97. The molecule has 2 atom stereocenters. The summed E-state index contributed by atoms with van der Waals surface area (Å²) in [6.45, 7) is 4.43. The molecule has 3 rings (SSSR count). The maximum atomic E-state index is 13.7. The maximum Gasteiger partial charge on any atom is 0.318 e. The predicted octanol–water partition coefficient (Wildman–Crippen LogP) is 3.65. The molecule has 1 aromatic rings. The summed E-state index contributed by atoms with van der Waals surface area (Å²) in [5.41, 5.74) is 0.812. The first kappa shape index (κ1) is 26.6. The van der Waals surface area contributed by atoms with Crippen molar-refractivity contribution in [2.45, 2.75) is 83.5 Å². The quantitative estimate of drug-likeness (QED) is 0.548. The molecule has 1 saturated heterocycles. The largest absolute Gasteiger partial charge is 0.497 e. The number of benzene rings is 1. The van der Waals surface area contributed by atoms with Crippen LogP contribution in [0.5, 0.6) is 11.5 Å². The highest BCUT2D eigenvalue weighted by Gasteiger charge is 2.44. The lowest BCUT2D eigenvalue weighted by Gasteiger charge is -2.46. The summed E-state index contributed by atoms with van der Waals surface area (Å²) >= 11 is 0. The lowest BCUT2D eigenvalue weighted by atomic mass is 9.94. The Labute approximate surface area is 207 Å². The zero-order valence-electron chi connectivity index (χ0n) is 21.3. The number of methoxy groups -OCH3 is 2. The van der Waals surface area contributed by atoms with Gasteiger partial charge in [0.2, 0.25) is 5.91 Å². The second kappa shape index (κ2) is 12.1. The van der Waals surface area contributed by atoms with Crippen molar-refractivity contribution in [1.29, 1.82) is 0 Å². The summed E-state index contributed by atoms with van der Waals surface area (Å²) in [7, 11) is 3.13. The van der Waals surface area contributed by atoms with E-state index in [4.69, 9.17) is 9.47 Å². The molecule has 0 radical (unpaired) electrons. The molecule has 0 aromatic heterocycles. The van der Waals surface area contributed by atoms with Crippen molar-refractivity contribution in [1.82, 2.24) is 15.1 Å². The van der Waals surface area contributed by atoms with E-state index < -0.39 is 18.1 Å². The number of carbonyl (C=O) groups is 3. The van der Waals surface area contributed by atoms with Gasteiger partial charge in [0.15, 0.2) is 0 Å². The third kappa shape index (κ3) is 7.02. The van der Waals surface area contributed by atoms with Crippen molar-refractivity contribution in [3.8, 4) is 11.5 Å². The smallest absolute Gasteiger partial charge is 0.318 e. The molecule has 1 aliphatic heterocycles. The lowest BCUT2D eigenvalue weighted by Crippen LogP contribution is -2.66. The molecule has 0 spiro atoms. The fourth-order valence-corrected chi connectivity index (χ4v) is 5.17. The third-order valence-corrected chi connectivity index (χ3v) is 6.81. The van der Waals surface area contributed by atoms with Gasteiger partial charge in [0, 0.05) is 25.2 Å². The van der Waals surface area contributed by atoms with Gasteiger partial charge in [-0.25, -0.2) is 4.79 Å². The molecule has 3 amide bonds. The van der Waals surface area contributed by atoms with Gasteiger partial charge in [0.1, 0.15) is 17.5 Å². The highest BCUT2D eigenvalue weighted by molar-refractivity contribution is 5.89. The molecule has 2 aliphatic rings. The molecule has 1 heterocycles. The normalized spacial score (nSPS) is 21.2. The molecule has 1 saturated carbocycles. The molecule has 1 unspecified atom stereocenters. The highest BCUT2D eigenvalue weighted by Crippen LogP contribution is 2.29. The van der Waals surface area contributed by atoms with Crippen molar-refractivity contribution < 1.29 is 29.0 Å². The van der Waals surface area contributed by atoms with E-state index in [1.165, 1.54) is 4.90 Å². The Balaban J connectivity index is 1.89. The van der Waals surface area contributed by atoms with E-state index in [1.807, 2.05) is 26.0 Å². The number of amides is 3. The van der Waals surface area contributed by atoms with E-state index in [9.17, 15) is 19.5 Å². The van der Waals surface area contributed by atoms with Crippen LogP contribution in [-0.2, 0) is 16.1 Å². The molecule has 35 heavy (non-hydrogen) atoms. The van der Waals surface area contributed by atoms with Gasteiger partial charge in [-0.1, -0.05) is 33.1 Å². The summed E-state index contributed by atoms with van der Waals surface area (Å²) in [4.78, 5) is 42.1.